The molecule has 2 aromatic heterocycles. The molecule has 2 rings (SSSR count). The number of aromatic nitrogens is 3. The van der Waals surface area contributed by atoms with Crippen molar-refractivity contribution in [1.82, 2.24) is 14.8 Å². The first-order valence-corrected chi connectivity index (χ1v) is 9.12. The highest BCUT2D eigenvalue weighted by Crippen LogP contribution is 2.23. The van der Waals surface area contributed by atoms with Gasteiger partial charge in [0.15, 0.2) is 5.65 Å². The van der Waals surface area contributed by atoms with E-state index in [4.69, 9.17) is 9.72 Å². The maximum Gasteiger partial charge on any atom is 0.338 e. The van der Waals surface area contributed by atoms with Crippen LogP contribution in [0.4, 0.5) is 0 Å². The third-order valence-electron chi connectivity index (χ3n) is 4.14. The monoisotopic (exact) mass is 331 g/mol. The zero-order chi connectivity index (χ0) is 17.5. The minimum absolute atomic E-state index is 0.199. The Labute approximate surface area is 144 Å². The molecule has 0 aliphatic heterocycles. The zero-order valence-corrected chi connectivity index (χ0v) is 15.3. The number of unbranched alkanes of at least 4 members (excludes halogenated alkanes) is 4. The molecule has 0 unspecified atom stereocenters. The fourth-order valence-electron chi connectivity index (χ4n) is 2.86. The standard InChI is InChI=1S/C19H29N3O2/c1-5-7-8-9-10-11-15-12-16(19(23)24-6-2)17-13-20-22(14(3)4)18(17)21-15/h12-14H,5-11H2,1-4H3. The minimum Gasteiger partial charge on any atom is -0.462 e. The van der Waals surface area contributed by atoms with Crippen LogP contribution in [0.3, 0.4) is 0 Å². The maximum atomic E-state index is 12.3. The molecule has 0 aromatic carbocycles. The van der Waals surface area contributed by atoms with Gasteiger partial charge in [0.05, 0.1) is 23.8 Å². The summed E-state index contributed by atoms with van der Waals surface area (Å²) in [6.45, 7) is 8.54. The maximum absolute atomic E-state index is 12.3. The highest BCUT2D eigenvalue weighted by atomic mass is 16.5. The van der Waals surface area contributed by atoms with Gasteiger partial charge in [0, 0.05) is 11.7 Å². The third-order valence-corrected chi connectivity index (χ3v) is 4.14. The van der Waals surface area contributed by atoms with Crippen LogP contribution in [0.5, 0.6) is 0 Å². The summed E-state index contributed by atoms with van der Waals surface area (Å²) in [6.07, 6.45) is 8.68. The van der Waals surface area contributed by atoms with E-state index in [0.29, 0.717) is 12.2 Å². The lowest BCUT2D eigenvalue weighted by Gasteiger charge is -2.10. The van der Waals surface area contributed by atoms with Crippen LogP contribution >= 0.6 is 0 Å². The normalized spacial score (nSPS) is 11.4. The van der Waals surface area contributed by atoms with Crippen molar-refractivity contribution in [2.45, 2.75) is 72.3 Å². The van der Waals surface area contributed by atoms with Crippen LogP contribution in [0, 0.1) is 0 Å². The lowest BCUT2D eigenvalue weighted by Crippen LogP contribution is -2.09. The Morgan fingerprint density at radius 1 is 1.21 bits per heavy atom. The lowest BCUT2D eigenvalue weighted by molar-refractivity contribution is 0.0528. The van der Waals surface area contributed by atoms with Gasteiger partial charge in [-0.1, -0.05) is 32.6 Å². The van der Waals surface area contributed by atoms with Crippen LogP contribution < -0.4 is 0 Å². The molecule has 0 spiro atoms. The Hall–Kier alpha value is -1.91. The van der Waals surface area contributed by atoms with Crippen molar-refractivity contribution in [3.05, 3.63) is 23.5 Å². The molecule has 0 N–H and O–H groups in total. The summed E-state index contributed by atoms with van der Waals surface area (Å²) in [4.78, 5) is 17.1. The van der Waals surface area contributed by atoms with Gasteiger partial charge in [0.1, 0.15) is 0 Å². The fraction of sp³-hybridized carbons (Fsp3) is 0.632. The van der Waals surface area contributed by atoms with E-state index < -0.39 is 0 Å². The number of ether oxygens (including phenoxy) is 1. The quantitative estimate of drug-likeness (QED) is 0.493. The molecule has 2 heterocycles. The van der Waals surface area contributed by atoms with E-state index in [1.54, 1.807) is 6.20 Å². The second-order valence-electron chi connectivity index (χ2n) is 6.47. The van der Waals surface area contributed by atoms with Crippen molar-refractivity contribution in [3.8, 4) is 0 Å². The molecule has 0 fully saturated rings. The van der Waals surface area contributed by atoms with E-state index >= 15 is 0 Å². The second kappa shape index (κ2) is 8.81. The average Bonchev–Trinajstić information content (AvgIpc) is 2.98. The zero-order valence-electron chi connectivity index (χ0n) is 15.3. The first kappa shape index (κ1) is 18.4. The van der Waals surface area contributed by atoms with E-state index in [-0.39, 0.29) is 12.0 Å². The Kier molecular flexibility index (Phi) is 6.76. The molecule has 5 heteroatoms. The molecule has 0 saturated carbocycles. The van der Waals surface area contributed by atoms with E-state index in [1.807, 2.05) is 17.7 Å². The summed E-state index contributed by atoms with van der Waals surface area (Å²) >= 11 is 0. The molecule has 0 radical (unpaired) electrons. The summed E-state index contributed by atoms with van der Waals surface area (Å²) in [5.74, 6) is -0.291. The number of carbonyl (C=O) groups is 1. The topological polar surface area (TPSA) is 57.0 Å². The number of hydrogen-bond donors (Lipinski definition) is 0. The van der Waals surface area contributed by atoms with Crippen molar-refractivity contribution in [1.29, 1.82) is 0 Å². The van der Waals surface area contributed by atoms with Gasteiger partial charge >= 0.3 is 5.97 Å². The van der Waals surface area contributed by atoms with E-state index in [0.717, 1.165) is 29.6 Å². The van der Waals surface area contributed by atoms with Gasteiger partial charge < -0.3 is 4.74 Å². The van der Waals surface area contributed by atoms with Crippen LogP contribution in [0.15, 0.2) is 12.3 Å². The molecule has 0 aliphatic rings. The van der Waals surface area contributed by atoms with Gasteiger partial charge in [0.2, 0.25) is 0 Å². The molecule has 0 aliphatic carbocycles. The molecule has 0 saturated heterocycles. The molecular weight excluding hydrogens is 302 g/mol. The van der Waals surface area contributed by atoms with Crippen molar-refractivity contribution in [3.63, 3.8) is 0 Å². The average molecular weight is 331 g/mol. The number of hydrogen-bond acceptors (Lipinski definition) is 4. The minimum atomic E-state index is -0.291. The van der Waals surface area contributed by atoms with Crippen LogP contribution in [0.2, 0.25) is 0 Å². The summed E-state index contributed by atoms with van der Waals surface area (Å²) in [7, 11) is 0. The number of pyridine rings is 1. The summed E-state index contributed by atoms with van der Waals surface area (Å²) in [6, 6.07) is 2.08. The molecule has 0 bridgehead atoms. The predicted octanol–water partition coefficient (Wildman–Crippen LogP) is 4.70. The summed E-state index contributed by atoms with van der Waals surface area (Å²) in [5, 5.41) is 5.18. The smallest absolute Gasteiger partial charge is 0.338 e. The Balaban J connectivity index is 2.30. The molecule has 0 atom stereocenters. The number of rotatable bonds is 9. The van der Waals surface area contributed by atoms with Gasteiger partial charge in [0.25, 0.3) is 0 Å². The van der Waals surface area contributed by atoms with E-state index in [1.165, 1.54) is 25.7 Å². The van der Waals surface area contributed by atoms with Gasteiger partial charge in [-0.3, -0.25) is 0 Å². The van der Waals surface area contributed by atoms with Gasteiger partial charge in [-0.25, -0.2) is 14.5 Å². The molecule has 5 nitrogen and oxygen atoms in total. The molecular formula is C19H29N3O2. The number of carbonyl (C=O) groups excluding carboxylic acids is 1. The largest absolute Gasteiger partial charge is 0.462 e. The predicted molar refractivity (Wildman–Crippen MR) is 96.3 cm³/mol. The Bertz CT molecular complexity index is 677. The summed E-state index contributed by atoms with van der Waals surface area (Å²) in [5.41, 5.74) is 2.31. The van der Waals surface area contributed by atoms with Crippen molar-refractivity contribution in [2.75, 3.05) is 6.61 Å². The summed E-state index contributed by atoms with van der Waals surface area (Å²) < 4.78 is 7.09. The molecule has 0 amide bonds. The van der Waals surface area contributed by atoms with Crippen LogP contribution in [0.1, 0.15) is 81.9 Å². The highest BCUT2D eigenvalue weighted by Gasteiger charge is 2.18. The van der Waals surface area contributed by atoms with Gasteiger partial charge in [-0.05, 0) is 39.7 Å². The number of nitrogens with zero attached hydrogens (tertiary/aromatic N) is 3. The van der Waals surface area contributed by atoms with Crippen LogP contribution in [0.25, 0.3) is 11.0 Å². The second-order valence-corrected chi connectivity index (χ2v) is 6.47. The van der Waals surface area contributed by atoms with Gasteiger partial charge in [-0.2, -0.15) is 5.10 Å². The van der Waals surface area contributed by atoms with E-state index in [9.17, 15) is 4.79 Å². The Morgan fingerprint density at radius 3 is 2.62 bits per heavy atom. The van der Waals surface area contributed by atoms with Gasteiger partial charge in [-0.15, -0.1) is 0 Å². The molecule has 2 aromatic rings. The number of fused-ring (bicyclic) bond motifs is 1. The third kappa shape index (κ3) is 4.34. The van der Waals surface area contributed by atoms with Crippen molar-refractivity contribution >= 4 is 17.0 Å². The first-order valence-electron chi connectivity index (χ1n) is 9.12. The number of aryl methyl sites for hydroxylation is 1. The lowest BCUT2D eigenvalue weighted by atomic mass is 10.1. The molecule has 24 heavy (non-hydrogen) atoms. The fourth-order valence-corrected chi connectivity index (χ4v) is 2.86. The van der Waals surface area contributed by atoms with Crippen LogP contribution in [-0.4, -0.2) is 27.3 Å². The van der Waals surface area contributed by atoms with Crippen LogP contribution in [-0.2, 0) is 11.2 Å². The van der Waals surface area contributed by atoms with E-state index in [2.05, 4.69) is 25.9 Å². The molecule has 132 valence electrons. The van der Waals surface area contributed by atoms with Crippen molar-refractivity contribution in [2.24, 2.45) is 0 Å². The highest BCUT2D eigenvalue weighted by molar-refractivity contribution is 6.02. The Morgan fingerprint density at radius 2 is 1.96 bits per heavy atom. The van der Waals surface area contributed by atoms with Crippen molar-refractivity contribution < 1.29 is 9.53 Å². The first-order chi connectivity index (χ1) is 11.6. The SMILES string of the molecule is CCCCCCCc1cc(C(=O)OCC)c2cnn(C(C)C)c2n1. The number of esters is 1.